The maximum Gasteiger partial charge on any atom is 0.0393 e. The van der Waals surface area contributed by atoms with E-state index in [0.29, 0.717) is 0 Å². The smallest absolute Gasteiger partial charge is 0.0393 e. The minimum Gasteiger partial charge on any atom is -0.246 e. The van der Waals surface area contributed by atoms with Crippen LogP contribution in [0.4, 0.5) is 0 Å². The fourth-order valence-electron chi connectivity index (χ4n) is 1.16. The lowest BCUT2D eigenvalue weighted by molar-refractivity contribution is 0.653. The molecule has 0 radical (unpaired) electrons. The van der Waals surface area contributed by atoms with E-state index in [1.807, 2.05) is 0 Å². The van der Waals surface area contributed by atoms with Gasteiger partial charge in [-0.15, -0.1) is 0 Å². The highest BCUT2D eigenvalue weighted by atomic mass is 15.5. The summed E-state index contributed by atoms with van der Waals surface area (Å²) in [5, 5.41) is 3.93. The number of hydrazine groups is 1. The largest absolute Gasteiger partial charge is 0.246 e. The molecule has 0 heterocycles. The Morgan fingerprint density at radius 3 is 2.44 bits per heavy atom. The molecule has 0 aromatic heterocycles. The van der Waals surface area contributed by atoms with E-state index in [2.05, 4.69) is 10.6 Å². The molecule has 3 nitrogen and oxygen atoms in total. The lowest BCUT2D eigenvalue weighted by atomic mass is 9.99. The second-order valence-corrected chi connectivity index (χ2v) is 2.37. The highest BCUT2D eigenvalue weighted by Gasteiger charge is 2.05. The van der Waals surface area contributed by atoms with Gasteiger partial charge in [-0.1, -0.05) is 6.42 Å². The van der Waals surface area contributed by atoms with Gasteiger partial charge < -0.3 is 0 Å². The van der Waals surface area contributed by atoms with Crippen LogP contribution in [0, 0.1) is 0 Å². The van der Waals surface area contributed by atoms with E-state index in [0.717, 1.165) is 12.8 Å². The van der Waals surface area contributed by atoms with Crippen LogP contribution in [0.3, 0.4) is 0 Å². The minimum atomic E-state index is 1.13. The van der Waals surface area contributed by atoms with Gasteiger partial charge in [0.15, 0.2) is 0 Å². The van der Waals surface area contributed by atoms with E-state index in [1.165, 1.54) is 25.0 Å². The summed E-state index contributed by atoms with van der Waals surface area (Å²) in [5.74, 6) is 5.02. The van der Waals surface area contributed by atoms with Crippen LogP contribution in [-0.2, 0) is 0 Å². The molecule has 1 aliphatic rings. The molecular weight excluding hydrogens is 114 g/mol. The Morgan fingerprint density at radius 1 is 1.22 bits per heavy atom. The van der Waals surface area contributed by atoms with Crippen molar-refractivity contribution < 1.29 is 0 Å². The fraction of sp³-hybridized carbons (Fsp3) is 0.833. The number of nitrogens with two attached hydrogens (primary N) is 1. The molecule has 1 saturated carbocycles. The lowest BCUT2D eigenvalue weighted by Crippen LogP contribution is -2.18. The number of hydrogen-bond acceptors (Lipinski definition) is 3. The highest BCUT2D eigenvalue weighted by molar-refractivity contribution is 5.84. The normalized spacial score (nSPS) is 19.4. The zero-order chi connectivity index (χ0) is 6.53. The molecule has 52 valence electrons. The Balaban J connectivity index is 2.30. The molecule has 9 heavy (non-hydrogen) atoms. The maximum atomic E-state index is 5.02. The molecule has 0 atom stereocenters. The number of nitrogens with one attached hydrogen (secondary N) is 1. The van der Waals surface area contributed by atoms with Gasteiger partial charge in [0.25, 0.3) is 0 Å². The predicted octanol–water partition coefficient (Wildman–Crippen LogP) is 0.770. The van der Waals surface area contributed by atoms with Crippen LogP contribution in [0.2, 0.25) is 0 Å². The van der Waals surface area contributed by atoms with Gasteiger partial charge in [-0.2, -0.15) is 5.10 Å². The summed E-state index contributed by atoms with van der Waals surface area (Å²) in [6.07, 6.45) is 6.17. The summed E-state index contributed by atoms with van der Waals surface area (Å²) < 4.78 is 0. The summed E-state index contributed by atoms with van der Waals surface area (Å²) in [7, 11) is 0. The van der Waals surface area contributed by atoms with Gasteiger partial charge in [-0.3, -0.25) is 0 Å². The summed E-state index contributed by atoms with van der Waals surface area (Å²) in [4.78, 5) is 0. The van der Waals surface area contributed by atoms with Crippen LogP contribution in [0.25, 0.3) is 0 Å². The van der Waals surface area contributed by atoms with Gasteiger partial charge >= 0.3 is 0 Å². The fourth-order valence-corrected chi connectivity index (χ4v) is 1.16. The average molecular weight is 127 g/mol. The van der Waals surface area contributed by atoms with Crippen LogP contribution < -0.4 is 11.4 Å². The molecule has 0 unspecified atom stereocenters. The second-order valence-electron chi connectivity index (χ2n) is 2.37. The number of hydrogen-bond donors (Lipinski definition) is 2. The first-order valence-electron chi connectivity index (χ1n) is 3.44. The van der Waals surface area contributed by atoms with Crippen molar-refractivity contribution in [2.75, 3.05) is 0 Å². The van der Waals surface area contributed by atoms with Gasteiger partial charge in [0.1, 0.15) is 0 Å². The third-order valence-corrected chi connectivity index (χ3v) is 1.65. The molecule has 0 aliphatic heterocycles. The molecule has 0 saturated heterocycles. The third-order valence-electron chi connectivity index (χ3n) is 1.65. The minimum absolute atomic E-state index is 1.13. The van der Waals surface area contributed by atoms with Crippen molar-refractivity contribution in [2.24, 2.45) is 10.9 Å². The van der Waals surface area contributed by atoms with Crippen LogP contribution in [-0.4, -0.2) is 5.71 Å². The molecule has 3 N–H and O–H groups in total. The van der Waals surface area contributed by atoms with Crippen LogP contribution in [0.1, 0.15) is 32.1 Å². The Morgan fingerprint density at radius 2 is 1.89 bits per heavy atom. The molecule has 0 aromatic rings. The first-order chi connectivity index (χ1) is 4.43. The molecule has 0 spiro atoms. The molecule has 1 fully saturated rings. The van der Waals surface area contributed by atoms with Crippen molar-refractivity contribution in [3.63, 3.8) is 0 Å². The van der Waals surface area contributed by atoms with Gasteiger partial charge in [0, 0.05) is 5.71 Å². The average Bonchev–Trinajstić information content (AvgIpc) is 1.91. The first-order valence-corrected chi connectivity index (χ1v) is 3.44. The molecule has 3 heteroatoms. The molecule has 1 rings (SSSR count). The zero-order valence-electron chi connectivity index (χ0n) is 5.56. The van der Waals surface area contributed by atoms with Crippen molar-refractivity contribution in [1.82, 2.24) is 5.53 Å². The predicted molar refractivity (Wildman–Crippen MR) is 37.8 cm³/mol. The number of nitrogens with zero attached hydrogens (tertiary/aromatic N) is 1. The van der Waals surface area contributed by atoms with Crippen molar-refractivity contribution in [1.29, 1.82) is 0 Å². The van der Waals surface area contributed by atoms with Crippen molar-refractivity contribution >= 4 is 5.71 Å². The SMILES string of the molecule is NNN=C1CCCCC1. The van der Waals surface area contributed by atoms with E-state index in [9.17, 15) is 0 Å². The number of hydrazone groups is 1. The Kier molecular flexibility index (Phi) is 2.51. The van der Waals surface area contributed by atoms with E-state index in [4.69, 9.17) is 5.84 Å². The van der Waals surface area contributed by atoms with E-state index < -0.39 is 0 Å². The van der Waals surface area contributed by atoms with Crippen LogP contribution in [0.15, 0.2) is 5.10 Å². The Hall–Kier alpha value is -0.570. The molecular formula is C6H13N3. The number of rotatable bonds is 1. The van der Waals surface area contributed by atoms with Gasteiger partial charge in [0.05, 0.1) is 0 Å². The Bertz CT molecular complexity index is 101. The molecule has 0 aromatic carbocycles. The van der Waals surface area contributed by atoms with Gasteiger partial charge in [-0.25, -0.2) is 11.4 Å². The van der Waals surface area contributed by atoms with E-state index in [1.54, 1.807) is 0 Å². The van der Waals surface area contributed by atoms with Crippen LogP contribution >= 0.6 is 0 Å². The van der Waals surface area contributed by atoms with E-state index in [-0.39, 0.29) is 0 Å². The summed E-state index contributed by atoms with van der Waals surface area (Å²) in [6, 6.07) is 0. The lowest BCUT2D eigenvalue weighted by Gasteiger charge is -2.10. The summed E-state index contributed by atoms with van der Waals surface area (Å²) in [5.41, 5.74) is 3.55. The Labute approximate surface area is 55.3 Å². The first kappa shape index (κ1) is 6.55. The molecule has 1 aliphatic carbocycles. The van der Waals surface area contributed by atoms with Gasteiger partial charge in [-0.05, 0) is 25.7 Å². The second kappa shape index (κ2) is 3.45. The van der Waals surface area contributed by atoms with Crippen molar-refractivity contribution in [3.8, 4) is 0 Å². The highest BCUT2D eigenvalue weighted by Crippen LogP contribution is 2.13. The summed E-state index contributed by atoms with van der Waals surface area (Å²) >= 11 is 0. The maximum absolute atomic E-state index is 5.02. The summed E-state index contributed by atoms with van der Waals surface area (Å²) in [6.45, 7) is 0. The third kappa shape index (κ3) is 2.01. The van der Waals surface area contributed by atoms with Gasteiger partial charge in [0.2, 0.25) is 0 Å². The van der Waals surface area contributed by atoms with E-state index >= 15 is 0 Å². The monoisotopic (exact) mass is 127 g/mol. The quantitative estimate of drug-likeness (QED) is 0.404. The standard InChI is InChI=1S/C6H13N3/c7-9-8-6-4-2-1-3-5-6/h9H,1-5,7H2. The van der Waals surface area contributed by atoms with Crippen LogP contribution in [0.5, 0.6) is 0 Å². The van der Waals surface area contributed by atoms with Crippen molar-refractivity contribution in [2.45, 2.75) is 32.1 Å². The zero-order valence-corrected chi connectivity index (χ0v) is 5.56. The molecule has 0 amide bonds. The molecule has 0 bridgehead atoms. The topological polar surface area (TPSA) is 50.4 Å². The van der Waals surface area contributed by atoms with Crippen molar-refractivity contribution in [3.05, 3.63) is 0 Å².